The lowest BCUT2D eigenvalue weighted by Gasteiger charge is -2.14. The van der Waals surface area contributed by atoms with Crippen molar-refractivity contribution in [2.45, 2.75) is 12.5 Å². The minimum atomic E-state index is -0.294. The highest BCUT2D eigenvalue weighted by Gasteiger charge is 2.18. The predicted molar refractivity (Wildman–Crippen MR) is 91.5 cm³/mol. The van der Waals surface area contributed by atoms with E-state index in [4.69, 9.17) is 5.26 Å². The van der Waals surface area contributed by atoms with Crippen LogP contribution in [0.1, 0.15) is 23.7 Å². The molecule has 0 amide bonds. The van der Waals surface area contributed by atoms with Crippen molar-refractivity contribution in [3.05, 3.63) is 60.6 Å². The summed E-state index contributed by atoms with van der Waals surface area (Å²) in [7, 11) is 0. The molecular weight excluding hydrogens is 328 g/mol. The summed E-state index contributed by atoms with van der Waals surface area (Å²) in [4.78, 5) is 15.7. The van der Waals surface area contributed by atoms with Gasteiger partial charge in [-0.15, -0.1) is 0 Å². The van der Waals surface area contributed by atoms with E-state index in [0.29, 0.717) is 5.69 Å². The summed E-state index contributed by atoms with van der Waals surface area (Å²) in [5.74, 6) is 0.757. The van der Waals surface area contributed by atoms with E-state index in [-0.39, 0.29) is 12.5 Å². The standard InChI is InChI=1S/C18H12N8/c19-5-3-16(12-1-2-14(7-20)22-8-12)26-10-13(9-25-26)17-15-4-6-21-18(15)24-11-23-17/h1-2,4,6,8-11,16H,3H2,(H,21,23,24). The van der Waals surface area contributed by atoms with Gasteiger partial charge in [-0.2, -0.15) is 15.6 Å². The van der Waals surface area contributed by atoms with Crippen molar-refractivity contribution in [2.24, 2.45) is 0 Å². The monoisotopic (exact) mass is 340 g/mol. The van der Waals surface area contributed by atoms with Gasteiger partial charge in [-0.25, -0.2) is 15.0 Å². The zero-order valence-corrected chi connectivity index (χ0v) is 13.5. The van der Waals surface area contributed by atoms with Gasteiger partial charge < -0.3 is 4.98 Å². The molecule has 0 fully saturated rings. The SMILES string of the molecule is N#CCC(c1ccc(C#N)nc1)n1cc(-c2nc[nH]c3nccc2-3)cn1. The molecule has 0 saturated heterocycles. The van der Waals surface area contributed by atoms with E-state index < -0.39 is 0 Å². The molecule has 2 aliphatic heterocycles. The third-order valence-electron chi connectivity index (χ3n) is 4.11. The van der Waals surface area contributed by atoms with Crippen LogP contribution >= 0.6 is 0 Å². The van der Waals surface area contributed by atoms with E-state index in [0.717, 1.165) is 28.2 Å². The van der Waals surface area contributed by atoms with Crippen LogP contribution in [0.2, 0.25) is 0 Å². The first kappa shape index (κ1) is 15.5. The van der Waals surface area contributed by atoms with Crippen LogP contribution in [-0.4, -0.2) is 29.7 Å². The van der Waals surface area contributed by atoms with Gasteiger partial charge in [0.05, 0.1) is 36.7 Å². The van der Waals surface area contributed by atoms with Gasteiger partial charge in [0.1, 0.15) is 17.6 Å². The first-order valence-electron chi connectivity index (χ1n) is 7.86. The van der Waals surface area contributed by atoms with Crippen LogP contribution in [-0.2, 0) is 0 Å². The molecule has 4 heterocycles. The largest absolute Gasteiger partial charge is 0.331 e. The second-order valence-electron chi connectivity index (χ2n) is 5.63. The number of pyridine rings is 1. The van der Waals surface area contributed by atoms with E-state index in [1.54, 1.807) is 41.7 Å². The Kier molecular flexibility index (Phi) is 3.85. The average molecular weight is 340 g/mol. The van der Waals surface area contributed by atoms with Crippen LogP contribution in [0.4, 0.5) is 0 Å². The molecule has 1 N–H and O–H groups in total. The molecule has 0 saturated carbocycles. The van der Waals surface area contributed by atoms with Gasteiger partial charge in [0.2, 0.25) is 0 Å². The lowest BCUT2D eigenvalue weighted by atomic mass is 10.1. The first-order valence-corrected chi connectivity index (χ1v) is 7.86. The number of H-pyrrole nitrogens is 1. The van der Waals surface area contributed by atoms with Crippen LogP contribution < -0.4 is 0 Å². The van der Waals surface area contributed by atoms with E-state index in [1.165, 1.54) is 0 Å². The fourth-order valence-corrected chi connectivity index (χ4v) is 2.85. The Bertz CT molecular complexity index is 1090. The Labute approximate surface area is 148 Å². The fourth-order valence-electron chi connectivity index (χ4n) is 2.85. The predicted octanol–water partition coefficient (Wildman–Crippen LogP) is 2.54. The number of aromatic amines is 1. The number of nitriles is 2. The average Bonchev–Trinajstić information content (AvgIpc) is 3.35. The molecule has 26 heavy (non-hydrogen) atoms. The summed E-state index contributed by atoms with van der Waals surface area (Å²) in [6.07, 6.45) is 8.73. The van der Waals surface area contributed by atoms with Crippen molar-refractivity contribution >= 4 is 0 Å². The smallest absolute Gasteiger partial charge is 0.140 e. The highest BCUT2D eigenvalue weighted by Crippen LogP contribution is 2.30. The normalized spacial score (nSPS) is 11.8. The second kappa shape index (κ2) is 6.46. The van der Waals surface area contributed by atoms with Crippen molar-refractivity contribution in [1.29, 1.82) is 10.5 Å². The van der Waals surface area contributed by atoms with Crippen molar-refractivity contribution < 1.29 is 0 Å². The fraction of sp³-hybridized carbons (Fsp3) is 0.111. The Morgan fingerprint density at radius 2 is 2.04 bits per heavy atom. The minimum Gasteiger partial charge on any atom is -0.331 e. The molecule has 2 aliphatic rings. The van der Waals surface area contributed by atoms with E-state index in [2.05, 4.69) is 31.1 Å². The number of hydrogen-bond donors (Lipinski definition) is 1. The van der Waals surface area contributed by atoms with Gasteiger partial charge in [0.25, 0.3) is 0 Å². The maximum atomic E-state index is 9.21. The van der Waals surface area contributed by atoms with Crippen LogP contribution in [0, 0.1) is 22.7 Å². The Morgan fingerprint density at radius 3 is 2.81 bits per heavy atom. The van der Waals surface area contributed by atoms with Crippen LogP contribution in [0.25, 0.3) is 22.6 Å². The topological polar surface area (TPSA) is 120 Å². The zero-order chi connectivity index (χ0) is 17.9. The first-order chi connectivity index (χ1) is 12.8. The number of hydrogen-bond acceptors (Lipinski definition) is 6. The molecule has 0 spiro atoms. The van der Waals surface area contributed by atoms with Crippen molar-refractivity contribution in [3.63, 3.8) is 0 Å². The highest BCUT2D eigenvalue weighted by atomic mass is 15.3. The Hall–Kier alpha value is -4.04. The van der Waals surface area contributed by atoms with Crippen LogP contribution in [0.15, 0.2) is 49.3 Å². The van der Waals surface area contributed by atoms with Gasteiger partial charge >= 0.3 is 0 Å². The molecule has 2 aromatic heterocycles. The molecule has 0 aromatic carbocycles. The third kappa shape index (κ3) is 2.66. The van der Waals surface area contributed by atoms with Gasteiger partial charge in [-0.3, -0.25) is 4.68 Å². The molecule has 1 atom stereocenters. The van der Waals surface area contributed by atoms with Gasteiger partial charge in [0, 0.05) is 29.7 Å². The lowest BCUT2D eigenvalue weighted by Crippen LogP contribution is -2.11. The quantitative estimate of drug-likeness (QED) is 0.609. The van der Waals surface area contributed by atoms with Gasteiger partial charge in [-0.05, 0) is 17.7 Å². The van der Waals surface area contributed by atoms with E-state index in [9.17, 15) is 5.26 Å². The maximum Gasteiger partial charge on any atom is 0.140 e. The highest BCUT2D eigenvalue weighted by molar-refractivity contribution is 5.77. The van der Waals surface area contributed by atoms with Crippen LogP contribution in [0.3, 0.4) is 0 Å². The summed E-state index contributed by atoms with van der Waals surface area (Å²) in [6, 6.07) is 9.20. The number of nitrogens with zero attached hydrogens (tertiary/aromatic N) is 7. The maximum absolute atomic E-state index is 9.21. The molecule has 8 nitrogen and oxygen atoms in total. The number of aromatic nitrogens is 6. The molecule has 4 rings (SSSR count). The Balaban J connectivity index is 1.72. The summed E-state index contributed by atoms with van der Waals surface area (Å²) in [6.45, 7) is 0. The van der Waals surface area contributed by atoms with Crippen molar-refractivity contribution in [1.82, 2.24) is 29.7 Å². The molecule has 0 bridgehead atoms. The van der Waals surface area contributed by atoms with Gasteiger partial charge in [-0.1, -0.05) is 6.07 Å². The Morgan fingerprint density at radius 1 is 1.12 bits per heavy atom. The minimum absolute atomic E-state index is 0.234. The summed E-state index contributed by atoms with van der Waals surface area (Å²) >= 11 is 0. The lowest BCUT2D eigenvalue weighted by molar-refractivity contribution is 0.531. The van der Waals surface area contributed by atoms with Crippen molar-refractivity contribution in [3.8, 4) is 34.8 Å². The van der Waals surface area contributed by atoms with Crippen molar-refractivity contribution in [2.75, 3.05) is 0 Å². The van der Waals surface area contributed by atoms with Crippen LogP contribution in [0.5, 0.6) is 0 Å². The summed E-state index contributed by atoms with van der Waals surface area (Å²) in [5, 5.41) is 22.5. The molecule has 0 aliphatic carbocycles. The van der Waals surface area contributed by atoms with E-state index >= 15 is 0 Å². The number of rotatable bonds is 4. The number of fused-ring (bicyclic) bond motifs is 1. The zero-order valence-electron chi connectivity index (χ0n) is 13.5. The molecule has 124 valence electrons. The molecule has 8 heteroatoms. The molecule has 0 radical (unpaired) electrons. The van der Waals surface area contributed by atoms with Gasteiger partial charge in [0.15, 0.2) is 0 Å². The second-order valence-corrected chi connectivity index (χ2v) is 5.63. The molecular formula is C18H12N8. The molecule has 1 unspecified atom stereocenters. The summed E-state index contributed by atoms with van der Waals surface area (Å²) in [5.41, 5.74) is 3.66. The molecule has 2 aromatic rings. The number of nitrogens with one attached hydrogen (secondary N) is 1. The summed E-state index contributed by atoms with van der Waals surface area (Å²) < 4.78 is 1.72. The van der Waals surface area contributed by atoms with E-state index in [1.807, 2.05) is 18.3 Å². The third-order valence-corrected chi connectivity index (χ3v) is 4.11.